The van der Waals surface area contributed by atoms with E-state index in [0.29, 0.717) is 33.6 Å². The van der Waals surface area contributed by atoms with Gasteiger partial charge in [-0.25, -0.2) is 0 Å². The normalized spacial score (nSPS) is 10.5. The molecule has 0 aliphatic heterocycles. The van der Waals surface area contributed by atoms with Crippen molar-refractivity contribution in [3.05, 3.63) is 51.3 Å². The Bertz CT molecular complexity index is 610. The van der Waals surface area contributed by atoms with Crippen molar-refractivity contribution >= 4 is 29.1 Å². The number of carbonyl (C=O) groups excluding carboxylic acids is 1. The number of hydrogen-bond donors (Lipinski definition) is 0. The first-order valence-electron chi connectivity index (χ1n) is 5.60. The number of aryl methyl sites for hydroxylation is 1. The Morgan fingerprint density at radius 3 is 2.63 bits per heavy atom. The van der Waals surface area contributed by atoms with E-state index in [-0.39, 0.29) is 5.91 Å². The van der Waals surface area contributed by atoms with Gasteiger partial charge in [-0.1, -0.05) is 28.4 Å². The zero-order valence-electron chi connectivity index (χ0n) is 10.5. The third-order valence-electron chi connectivity index (χ3n) is 2.59. The van der Waals surface area contributed by atoms with Crippen LogP contribution in [0, 0.1) is 6.92 Å². The summed E-state index contributed by atoms with van der Waals surface area (Å²) in [5.74, 6) is 0.560. The van der Waals surface area contributed by atoms with Gasteiger partial charge in [-0.15, -0.1) is 0 Å². The first-order valence-corrected chi connectivity index (χ1v) is 6.35. The summed E-state index contributed by atoms with van der Waals surface area (Å²) in [4.78, 5) is 13.7. The lowest BCUT2D eigenvalue weighted by atomic mass is 10.2. The number of hydrogen-bond acceptors (Lipinski definition) is 3. The van der Waals surface area contributed by atoms with Crippen LogP contribution >= 0.6 is 23.2 Å². The molecule has 0 aliphatic rings. The monoisotopic (exact) mass is 298 g/mol. The van der Waals surface area contributed by atoms with E-state index in [0.717, 1.165) is 0 Å². The average molecular weight is 299 g/mol. The van der Waals surface area contributed by atoms with Gasteiger partial charge in [-0.3, -0.25) is 4.79 Å². The summed E-state index contributed by atoms with van der Waals surface area (Å²) in [5, 5.41) is 4.63. The Morgan fingerprint density at radius 2 is 2.05 bits per heavy atom. The number of carbonyl (C=O) groups is 1. The summed E-state index contributed by atoms with van der Waals surface area (Å²) in [5.41, 5.74) is 1.19. The van der Waals surface area contributed by atoms with Crippen LogP contribution in [0.3, 0.4) is 0 Å². The largest absolute Gasteiger partial charge is 0.361 e. The van der Waals surface area contributed by atoms with Crippen molar-refractivity contribution in [2.24, 2.45) is 0 Å². The fraction of sp³-hybridized carbons (Fsp3) is 0.231. The molecular weight excluding hydrogens is 287 g/mol. The SMILES string of the molecule is Cc1cc(CN(C)C(=O)c2ccc(Cl)c(Cl)c2)no1. The fourth-order valence-corrected chi connectivity index (χ4v) is 1.95. The van der Waals surface area contributed by atoms with Gasteiger partial charge in [0.05, 0.1) is 16.6 Å². The highest BCUT2D eigenvalue weighted by atomic mass is 35.5. The molecule has 4 nitrogen and oxygen atoms in total. The summed E-state index contributed by atoms with van der Waals surface area (Å²) < 4.78 is 4.96. The molecule has 1 aromatic heterocycles. The molecule has 0 fully saturated rings. The van der Waals surface area contributed by atoms with Crippen LogP contribution in [0.1, 0.15) is 21.8 Å². The molecule has 0 unspecified atom stereocenters. The third-order valence-corrected chi connectivity index (χ3v) is 3.33. The molecule has 0 atom stereocenters. The smallest absolute Gasteiger partial charge is 0.254 e. The van der Waals surface area contributed by atoms with Crippen molar-refractivity contribution < 1.29 is 9.32 Å². The molecule has 6 heteroatoms. The number of benzene rings is 1. The number of aromatic nitrogens is 1. The van der Waals surface area contributed by atoms with Crippen LogP contribution in [0.15, 0.2) is 28.8 Å². The molecule has 2 rings (SSSR count). The summed E-state index contributed by atoms with van der Waals surface area (Å²) in [6, 6.07) is 6.59. The maximum atomic E-state index is 12.2. The highest BCUT2D eigenvalue weighted by Gasteiger charge is 2.14. The molecule has 100 valence electrons. The molecule has 0 saturated carbocycles. The molecule has 1 aromatic carbocycles. The summed E-state index contributed by atoms with van der Waals surface area (Å²) >= 11 is 11.7. The van der Waals surface area contributed by atoms with E-state index >= 15 is 0 Å². The predicted octanol–water partition coefficient (Wildman–Crippen LogP) is 3.56. The molecular formula is C13H12Cl2N2O2. The van der Waals surface area contributed by atoms with Gasteiger partial charge in [0.2, 0.25) is 0 Å². The van der Waals surface area contributed by atoms with Crippen LogP contribution in [0.25, 0.3) is 0 Å². The maximum absolute atomic E-state index is 12.2. The van der Waals surface area contributed by atoms with Crippen molar-refractivity contribution in [2.75, 3.05) is 7.05 Å². The van der Waals surface area contributed by atoms with Crippen LogP contribution in [0.5, 0.6) is 0 Å². The molecule has 1 amide bonds. The second-order valence-corrected chi connectivity index (χ2v) is 5.03. The van der Waals surface area contributed by atoms with Crippen LogP contribution in [-0.2, 0) is 6.54 Å². The molecule has 0 spiro atoms. The Hall–Kier alpha value is -1.52. The molecule has 0 N–H and O–H groups in total. The van der Waals surface area contributed by atoms with Gasteiger partial charge in [0, 0.05) is 18.7 Å². The van der Waals surface area contributed by atoms with Gasteiger partial charge in [0.25, 0.3) is 5.91 Å². The summed E-state index contributed by atoms with van der Waals surface area (Å²) in [6.07, 6.45) is 0. The van der Waals surface area contributed by atoms with Crippen LogP contribution in [-0.4, -0.2) is 23.0 Å². The quantitative estimate of drug-likeness (QED) is 0.870. The zero-order chi connectivity index (χ0) is 14.0. The lowest BCUT2D eigenvalue weighted by Crippen LogP contribution is -2.26. The Kier molecular flexibility index (Phi) is 4.12. The van der Waals surface area contributed by atoms with Crippen molar-refractivity contribution in [3.8, 4) is 0 Å². The average Bonchev–Trinajstić information content (AvgIpc) is 2.77. The highest BCUT2D eigenvalue weighted by Crippen LogP contribution is 2.23. The molecule has 0 aliphatic carbocycles. The first-order chi connectivity index (χ1) is 8.97. The lowest BCUT2D eigenvalue weighted by Gasteiger charge is -2.15. The zero-order valence-corrected chi connectivity index (χ0v) is 12.0. The summed E-state index contributed by atoms with van der Waals surface area (Å²) in [7, 11) is 1.69. The predicted molar refractivity (Wildman–Crippen MR) is 73.5 cm³/mol. The molecule has 1 heterocycles. The van der Waals surface area contributed by atoms with Gasteiger partial charge in [0.15, 0.2) is 0 Å². The number of nitrogens with zero attached hydrogens (tertiary/aromatic N) is 2. The molecule has 0 saturated heterocycles. The standard InChI is InChI=1S/C13H12Cl2N2O2/c1-8-5-10(16-19-8)7-17(2)13(18)9-3-4-11(14)12(15)6-9/h3-6H,7H2,1-2H3. The third kappa shape index (κ3) is 3.28. The Balaban J connectivity index is 2.12. The summed E-state index contributed by atoms with van der Waals surface area (Å²) in [6.45, 7) is 2.17. The first kappa shape index (κ1) is 13.9. The van der Waals surface area contributed by atoms with Crippen molar-refractivity contribution in [1.29, 1.82) is 0 Å². The van der Waals surface area contributed by atoms with Crippen molar-refractivity contribution in [1.82, 2.24) is 10.1 Å². The number of rotatable bonds is 3. The molecule has 19 heavy (non-hydrogen) atoms. The van der Waals surface area contributed by atoms with Gasteiger partial charge in [-0.2, -0.15) is 0 Å². The lowest BCUT2D eigenvalue weighted by molar-refractivity contribution is 0.0782. The van der Waals surface area contributed by atoms with E-state index in [1.807, 2.05) is 0 Å². The second kappa shape index (κ2) is 5.63. The van der Waals surface area contributed by atoms with Gasteiger partial charge >= 0.3 is 0 Å². The number of amides is 1. The van der Waals surface area contributed by atoms with E-state index < -0.39 is 0 Å². The Labute approximate surface area is 120 Å². The van der Waals surface area contributed by atoms with Crippen LogP contribution in [0.4, 0.5) is 0 Å². The topological polar surface area (TPSA) is 46.3 Å². The van der Waals surface area contributed by atoms with Gasteiger partial charge < -0.3 is 9.42 Å². The Morgan fingerprint density at radius 1 is 1.32 bits per heavy atom. The maximum Gasteiger partial charge on any atom is 0.254 e. The van der Waals surface area contributed by atoms with Crippen LogP contribution < -0.4 is 0 Å². The molecule has 2 aromatic rings. The van der Waals surface area contributed by atoms with Crippen molar-refractivity contribution in [2.45, 2.75) is 13.5 Å². The minimum absolute atomic E-state index is 0.154. The molecule has 0 radical (unpaired) electrons. The fourth-order valence-electron chi connectivity index (χ4n) is 1.66. The van der Waals surface area contributed by atoms with E-state index in [9.17, 15) is 4.79 Å². The highest BCUT2D eigenvalue weighted by molar-refractivity contribution is 6.42. The van der Waals surface area contributed by atoms with E-state index in [1.54, 1.807) is 38.2 Å². The number of halogens is 2. The van der Waals surface area contributed by atoms with Crippen molar-refractivity contribution in [3.63, 3.8) is 0 Å². The second-order valence-electron chi connectivity index (χ2n) is 4.22. The van der Waals surface area contributed by atoms with Gasteiger partial charge in [0.1, 0.15) is 11.5 Å². The van der Waals surface area contributed by atoms with Crippen LogP contribution in [0.2, 0.25) is 10.0 Å². The minimum Gasteiger partial charge on any atom is -0.361 e. The van der Waals surface area contributed by atoms with E-state index in [4.69, 9.17) is 27.7 Å². The van der Waals surface area contributed by atoms with E-state index in [2.05, 4.69) is 5.16 Å². The minimum atomic E-state index is -0.154. The van der Waals surface area contributed by atoms with Gasteiger partial charge in [-0.05, 0) is 25.1 Å². The molecule has 0 bridgehead atoms. The van der Waals surface area contributed by atoms with E-state index in [1.165, 1.54) is 4.90 Å².